The maximum absolute atomic E-state index is 12.6. The number of rotatable bonds is 1. The summed E-state index contributed by atoms with van der Waals surface area (Å²) < 4.78 is 3.90. The number of nitrogens with zero attached hydrogens (tertiary/aromatic N) is 4. The number of hydrogen-bond donors (Lipinski definition) is 1. The van der Waals surface area contributed by atoms with E-state index in [1.54, 1.807) is 4.90 Å². The van der Waals surface area contributed by atoms with Crippen molar-refractivity contribution in [3.05, 3.63) is 10.6 Å². The molecular formula is C12H17N5OS. The monoisotopic (exact) mass is 279 g/mol. The number of carbonyl (C=O) groups is 1. The fourth-order valence-corrected chi connectivity index (χ4v) is 2.85. The average molecular weight is 279 g/mol. The molecule has 0 radical (unpaired) electrons. The van der Waals surface area contributed by atoms with Crippen LogP contribution in [0.1, 0.15) is 36.1 Å². The molecule has 1 aliphatic rings. The minimum Gasteiger partial charge on any atom is -0.319 e. The molecule has 0 saturated carbocycles. The summed E-state index contributed by atoms with van der Waals surface area (Å²) in [5.74, 6) is -0.132. The molecule has 102 valence electrons. The van der Waals surface area contributed by atoms with Gasteiger partial charge in [-0.15, -0.1) is 5.10 Å². The van der Waals surface area contributed by atoms with E-state index in [0.29, 0.717) is 30.2 Å². The van der Waals surface area contributed by atoms with Crippen LogP contribution in [-0.2, 0) is 5.41 Å². The summed E-state index contributed by atoms with van der Waals surface area (Å²) in [7, 11) is 0. The average Bonchev–Trinajstić information content (AvgIpc) is 2.87. The minimum atomic E-state index is -0.420. The van der Waals surface area contributed by atoms with Crippen LogP contribution in [0, 0.1) is 11.3 Å². The second-order valence-corrected chi connectivity index (χ2v) is 6.30. The Morgan fingerprint density at radius 1 is 1.58 bits per heavy atom. The first-order valence-electron chi connectivity index (χ1n) is 6.19. The number of carbonyl (C=O) groups excluding carboxylic acids is 1. The van der Waals surface area contributed by atoms with Gasteiger partial charge in [0, 0.05) is 25.0 Å². The molecule has 2 rings (SSSR count). The first kappa shape index (κ1) is 13.9. The summed E-state index contributed by atoms with van der Waals surface area (Å²) in [6, 6.07) is 1.74. The third kappa shape index (κ3) is 2.74. The molecule has 2 heterocycles. The standard InChI is InChI=1S/C12H17N5OS/c1-12(2,3)10-9(19-16-15-10)11(18)17-5-4-14-7-8(17)6-13/h8,14H,4-5,7H2,1-3H3. The van der Waals surface area contributed by atoms with Gasteiger partial charge in [-0.3, -0.25) is 4.79 Å². The van der Waals surface area contributed by atoms with E-state index >= 15 is 0 Å². The molecule has 0 bridgehead atoms. The molecular weight excluding hydrogens is 262 g/mol. The van der Waals surface area contributed by atoms with Gasteiger partial charge in [-0.25, -0.2) is 0 Å². The molecule has 1 unspecified atom stereocenters. The van der Waals surface area contributed by atoms with Crippen LogP contribution in [0.4, 0.5) is 0 Å². The van der Waals surface area contributed by atoms with Crippen molar-refractivity contribution in [3.8, 4) is 6.07 Å². The number of piperazine rings is 1. The van der Waals surface area contributed by atoms with Crippen molar-refractivity contribution in [2.24, 2.45) is 0 Å². The van der Waals surface area contributed by atoms with E-state index in [9.17, 15) is 4.79 Å². The van der Waals surface area contributed by atoms with Gasteiger partial charge in [0.1, 0.15) is 10.9 Å². The van der Waals surface area contributed by atoms with E-state index in [-0.39, 0.29) is 11.3 Å². The van der Waals surface area contributed by atoms with Crippen LogP contribution in [0.5, 0.6) is 0 Å². The van der Waals surface area contributed by atoms with Gasteiger partial charge < -0.3 is 10.2 Å². The van der Waals surface area contributed by atoms with Crippen molar-refractivity contribution in [3.63, 3.8) is 0 Å². The van der Waals surface area contributed by atoms with Crippen LogP contribution >= 0.6 is 11.5 Å². The number of amides is 1. The van der Waals surface area contributed by atoms with Gasteiger partial charge in [0.2, 0.25) is 0 Å². The Hall–Kier alpha value is -1.52. The van der Waals surface area contributed by atoms with Crippen LogP contribution in [0.3, 0.4) is 0 Å². The lowest BCUT2D eigenvalue weighted by Gasteiger charge is -2.32. The second-order valence-electron chi connectivity index (χ2n) is 5.55. The van der Waals surface area contributed by atoms with Crippen molar-refractivity contribution < 1.29 is 4.79 Å². The molecule has 1 aromatic rings. The molecule has 0 spiro atoms. The lowest BCUT2D eigenvalue weighted by molar-refractivity contribution is 0.0689. The maximum Gasteiger partial charge on any atom is 0.268 e. The zero-order valence-electron chi connectivity index (χ0n) is 11.3. The third-order valence-corrected chi connectivity index (χ3v) is 3.76. The Morgan fingerprint density at radius 2 is 2.32 bits per heavy atom. The van der Waals surface area contributed by atoms with Crippen LogP contribution in [0.15, 0.2) is 0 Å². The first-order valence-corrected chi connectivity index (χ1v) is 6.96. The molecule has 19 heavy (non-hydrogen) atoms. The fraction of sp³-hybridized carbons (Fsp3) is 0.667. The van der Waals surface area contributed by atoms with E-state index in [4.69, 9.17) is 5.26 Å². The molecule has 0 aromatic carbocycles. The van der Waals surface area contributed by atoms with Crippen LogP contribution in [0.25, 0.3) is 0 Å². The highest BCUT2D eigenvalue weighted by atomic mass is 32.1. The Bertz CT molecular complexity index is 513. The van der Waals surface area contributed by atoms with E-state index < -0.39 is 6.04 Å². The summed E-state index contributed by atoms with van der Waals surface area (Å²) in [5.41, 5.74) is 0.478. The van der Waals surface area contributed by atoms with Crippen LogP contribution < -0.4 is 5.32 Å². The van der Waals surface area contributed by atoms with Gasteiger partial charge in [0.05, 0.1) is 11.8 Å². The second kappa shape index (κ2) is 5.23. The normalized spacial score (nSPS) is 20.1. The predicted octanol–water partition coefficient (Wildman–Crippen LogP) is 0.773. The Balaban J connectivity index is 2.30. The van der Waals surface area contributed by atoms with Crippen molar-refractivity contribution in [2.75, 3.05) is 19.6 Å². The smallest absolute Gasteiger partial charge is 0.268 e. The van der Waals surface area contributed by atoms with Gasteiger partial charge in [-0.05, 0) is 11.5 Å². The maximum atomic E-state index is 12.6. The summed E-state index contributed by atoms with van der Waals surface area (Å²) in [6.45, 7) is 7.76. The zero-order chi connectivity index (χ0) is 14.0. The first-order chi connectivity index (χ1) is 8.95. The molecule has 6 nitrogen and oxygen atoms in total. The molecule has 1 N–H and O–H groups in total. The van der Waals surface area contributed by atoms with Crippen molar-refractivity contribution >= 4 is 17.4 Å². The fourth-order valence-electron chi connectivity index (χ4n) is 2.01. The quantitative estimate of drug-likeness (QED) is 0.821. The van der Waals surface area contributed by atoms with Crippen molar-refractivity contribution in [1.82, 2.24) is 19.8 Å². The molecule has 1 amide bonds. The summed E-state index contributed by atoms with van der Waals surface area (Å²) in [5, 5.41) is 16.3. The molecule has 1 aliphatic heterocycles. The van der Waals surface area contributed by atoms with Gasteiger partial charge in [0.25, 0.3) is 5.91 Å². The number of aromatic nitrogens is 2. The van der Waals surface area contributed by atoms with E-state index in [1.165, 1.54) is 0 Å². The summed E-state index contributed by atoms with van der Waals surface area (Å²) >= 11 is 1.11. The molecule has 1 fully saturated rings. The highest BCUT2D eigenvalue weighted by Gasteiger charge is 2.33. The van der Waals surface area contributed by atoms with Crippen molar-refractivity contribution in [2.45, 2.75) is 32.2 Å². The Kier molecular flexibility index (Phi) is 3.83. The lowest BCUT2D eigenvalue weighted by Crippen LogP contribution is -2.53. The summed E-state index contributed by atoms with van der Waals surface area (Å²) in [4.78, 5) is 14.7. The van der Waals surface area contributed by atoms with Crippen LogP contribution in [-0.4, -0.2) is 46.1 Å². The van der Waals surface area contributed by atoms with Gasteiger partial charge >= 0.3 is 0 Å². The Labute approximate surface area is 116 Å². The molecule has 1 aromatic heterocycles. The third-order valence-electron chi connectivity index (χ3n) is 3.05. The van der Waals surface area contributed by atoms with E-state index in [2.05, 4.69) is 21.0 Å². The molecule has 7 heteroatoms. The largest absolute Gasteiger partial charge is 0.319 e. The molecule has 0 aliphatic carbocycles. The Morgan fingerprint density at radius 3 is 2.95 bits per heavy atom. The highest BCUT2D eigenvalue weighted by molar-refractivity contribution is 7.08. The van der Waals surface area contributed by atoms with E-state index in [1.807, 2.05) is 20.8 Å². The minimum absolute atomic E-state index is 0.132. The van der Waals surface area contributed by atoms with Crippen molar-refractivity contribution in [1.29, 1.82) is 5.26 Å². The van der Waals surface area contributed by atoms with Gasteiger partial charge in [-0.2, -0.15) is 5.26 Å². The SMILES string of the molecule is CC(C)(C)c1nnsc1C(=O)N1CCNCC1C#N. The summed E-state index contributed by atoms with van der Waals surface area (Å²) in [6.07, 6.45) is 0. The lowest BCUT2D eigenvalue weighted by atomic mass is 9.91. The topological polar surface area (TPSA) is 81.9 Å². The number of nitrogens with one attached hydrogen (secondary N) is 1. The van der Waals surface area contributed by atoms with Gasteiger partial charge in [0.15, 0.2) is 0 Å². The predicted molar refractivity (Wildman–Crippen MR) is 71.9 cm³/mol. The zero-order valence-corrected chi connectivity index (χ0v) is 12.1. The van der Waals surface area contributed by atoms with Crippen LogP contribution in [0.2, 0.25) is 0 Å². The highest BCUT2D eigenvalue weighted by Crippen LogP contribution is 2.27. The number of nitriles is 1. The van der Waals surface area contributed by atoms with Gasteiger partial charge in [-0.1, -0.05) is 25.3 Å². The van der Waals surface area contributed by atoms with E-state index in [0.717, 1.165) is 11.5 Å². The molecule has 1 saturated heterocycles. The molecule has 1 atom stereocenters. The number of hydrogen-bond acceptors (Lipinski definition) is 6.